The molecule has 0 aliphatic carbocycles. The second-order valence-corrected chi connectivity index (χ2v) is 5.49. The van der Waals surface area contributed by atoms with E-state index in [1.165, 1.54) is 11.8 Å². The molecule has 0 aromatic heterocycles. The summed E-state index contributed by atoms with van der Waals surface area (Å²) in [5.41, 5.74) is 2.13. The molecule has 1 aromatic rings. The average Bonchev–Trinajstić information content (AvgIpc) is 2.42. The second-order valence-electron chi connectivity index (χ2n) is 4.47. The van der Waals surface area contributed by atoms with E-state index in [0.29, 0.717) is 11.3 Å². The van der Waals surface area contributed by atoms with Crippen LogP contribution >= 0.6 is 11.8 Å². The van der Waals surface area contributed by atoms with Crippen molar-refractivity contribution < 1.29 is 13.9 Å². The number of rotatable bonds is 6. The summed E-state index contributed by atoms with van der Waals surface area (Å²) in [5, 5.41) is 9.08. The van der Waals surface area contributed by atoms with Gasteiger partial charge in [-0.1, -0.05) is 12.7 Å². The minimum absolute atomic E-state index is 0.333. The monoisotopic (exact) mass is 309 g/mol. The number of hydrogen-bond acceptors (Lipinski definition) is 3. The molecule has 21 heavy (non-hydrogen) atoms. The summed E-state index contributed by atoms with van der Waals surface area (Å²) in [6, 6.07) is 2.22. The third-order valence-electron chi connectivity index (χ3n) is 2.61. The fourth-order valence-corrected chi connectivity index (χ4v) is 2.73. The number of allylic oxidation sites excluding steroid dienone is 3. The lowest BCUT2D eigenvalue weighted by Crippen LogP contribution is -1.91. The highest BCUT2D eigenvalue weighted by Gasteiger charge is 2.11. The molecule has 0 radical (unpaired) electrons. The fraction of sp³-hybridized carbons (Fsp3) is 0.188. The highest BCUT2D eigenvalue weighted by Crippen LogP contribution is 2.31. The topological polar surface area (TPSA) is 32.6 Å². The predicted molar refractivity (Wildman–Crippen MR) is 85.5 cm³/mol. The van der Waals surface area contributed by atoms with Crippen LogP contribution in [0.25, 0.3) is 0 Å². The Morgan fingerprint density at radius 3 is 2.33 bits per heavy atom. The van der Waals surface area contributed by atoms with Gasteiger partial charge in [0.15, 0.2) is 17.4 Å². The molecule has 0 aliphatic rings. The van der Waals surface area contributed by atoms with Gasteiger partial charge in [0.2, 0.25) is 0 Å². The average molecular weight is 309 g/mol. The van der Waals surface area contributed by atoms with Crippen molar-refractivity contribution in [1.82, 2.24) is 0 Å². The Balaban J connectivity index is 2.99. The lowest BCUT2D eigenvalue weighted by Gasteiger charge is -2.10. The minimum atomic E-state index is -0.968. The molecule has 0 fully saturated rings. The van der Waals surface area contributed by atoms with Crippen molar-refractivity contribution in [2.75, 3.05) is 0 Å². The molecular formula is C16H17F2NOS. The van der Waals surface area contributed by atoms with Crippen molar-refractivity contribution in [2.45, 2.75) is 19.6 Å². The zero-order valence-electron chi connectivity index (χ0n) is 12.0. The van der Waals surface area contributed by atoms with Crippen LogP contribution in [0.1, 0.15) is 19.4 Å². The fourth-order valence-electron chi connectivity index (χ4n) is 1.65. The van der Waals surface area contributed by atoms with Gasteiger partial charge >= 0.3 is 0 Å². The van der Waals surface area contributed by atoms with Gasteiger partial charge in [0.25, 0.3) is 0 Å². The first-order valence-corrected chi connectivity index (χ1v) is 7.16. The number of thioether (sulfide) groups is 1. The van der Waals surface area contributed by atoms with Crippen LogP contribution in [0.15, 0.2) is 52.0 Å². The maximum atomic E-state index is 13.3. The molecule has 0 amide bonds. The molecule has 112 valence electrons. The van der Waals surface area contributed by atoms with E-state index in [1.54, 1.807) is 12.2 Å². The molecule has 0 heterocycles. The Morgan fingerprint density at radius 2 is 1.90 bits per heavy atom. The molecule has 0 aliphatic heterocycles. The summed E-state index contributed by atoms with van der Waals surface area (Å²) < 4.78 is 26.6. The highest BCUT2D eigenvalue weighted by molar-refractivity contribution is 8.02. The number of hydrogen-bond donors (Lipinski definition) is 1. The van der Waals surface area contributed by atoms with Crippen molar-refractivity contribution in [2.24, 2.45) is 4.99 Å². The molecule has 0 bridgehead atoms. The van der Waals surface area contributed by atoms with Crippen LogP contribution in [0.3, 0.4) is 0 Å². The van der Waals surface area contributed by atoms with E-state index in [2.05, 4.69) is 18.3 Å². The van der Waals surface area contributed by atoms with Gasteiger partial charge in [-0.15, -0.1) is 11.8 Å². The molecule has 1 N–H and O–H groups in total. The minimum Gasteiger partial charge on any atom is -0.503 e. The van der Waals surface area contributed by atoms with Gasteiger partial charge in [-0.05, 0) is 49.9 Å². The number of halogens is 2. The third-order valence-corrected chi connectivity index (χ3v) is 3.72. The molecule has 0 saturated heterocycles. The molecule has 0 spiro atoms. The van der Waals surface area contributed by atoms with Gasteiger partial charge in [-0.2, -0.15) is 0 Å². The van der Waals surface area contributed by atoms with Crippen LogP contribution in [0.5, 0.6) is 5.75 Å². The van der Waals surface area contributed by atoms with E-state index in [-0.39, 0.29) is 0 Å². The maximum Gasteiger partial charge on any atom is 0.187 e. The van der Waals surface area contributed by atoms with Gasteiger partial charge < -0.3 is 5.11 Å². The quantitative estimate of drug-likeness (QED) is 0.594. The first-order chi connectivity index (χ1) is 9.90. The Morgan fingerprint density at radius 1 is 1.33 bits per heavy atom. The Bertz CT molecular complexity index is 594. The normalized spacial score (nSPS) is 11.1. The van der Waals surface area contributed by atoms with Gasteiger partial charge in [-0.3, -0.25) is 4.99 Å². The van der Waals surface area contributed by atoms with E-state index >= 15 is 0 Å². The van der Waals surface area contributed by atoms with Crippen LogP contribution < -0.4 is 0 Å². The molecule has 5 heteroatoms. The molecule has 1 aromatic carbocycles. The molecule has 2 nitrogen and oxygen atoms in total. The van der Waals surface area contributed by atoms with Crippen molar-refractivity contribution in [3.63, 3.8) is 0 Å². The Kier molecular flexibility index (Phi) is 6.37. The van der Waals surface area contributed by atoms with Gasteiger partial charge in [0.05, 0.1) is 5.70 Å². The SMILES string of the molecule is C=C/C=C(/SCc1cc(F)c(O)c(F)c1)C(N=C)=C(C)C. The first-order valence-electron chi connectivity index (χ1n) is 6.17. The van der Waals surface area contributed by atoms with Gasteiger partial charge in [0, 0.05) is 10.7 Å². The summed E-state index contributed by atoms with van der Waals surface area (Å²) in [7, 11) is 0. The van der Waals surface area contributed by atoms with Crippen LogP contribution in [0.2, 0.25) is 0 Å². The highest BCUT2D eigenvalue weighted by atomic mass is 32.2. The van der Waals surface area contributed by atoms with E-state index in [4.69, 9.17) is 5.11 Å². The number of phenolic OH excluding ortho intramolecular Hbond substituents is 1. The van der Waals surface area contributed by atoms with Crippen LogP contribution in [-0.4, -0.2) is 11.8 Å². The zero-order chi connectivity index (χ0) is 16.0. The molecule has 0 unspecified atom stereocenters. The van der Waals surface area contributed by atoms with Crippen molar-refractivity contribution in [1.29, 1.82) is 0 Å². The molecular weight excluding hydrogens is 292 g/mol. The van der Waals surface area contributed by atoms with E-state index in [1.807, 2.05) is 13.8 Å². The van der Waals surface area contributed by atoms with E-state index < -0.39 is 17.4 Å². The Hall–Kier alpha value is -1.88. The number of aliphatic imine (C=N–C) groups is 1. The van der Waals surface area contributed by atoms with Crippen LogP contribution in [-0.2, 0) is 5.75 Å². The smallest absolute Gasteiger partial charge is 0.187 e. The summed E-state index contributed by atoms with van der Waals surface area (Å²) >= 11 is 1.37. The summed E-state index contributed by atoms with van der Waals surface area (Å²) in [6.07, 6.45) is 3.39. The van der Waals surface area contributed by atoms with Crippen molar-refractivity contribution >= 4 is 18.5 Å². The summed E-state index contributed by atoms with van der Waals surface area (Å²) in [6.45, 7) is 11.0. The Labute approximate surface area is 127 Å². The van der Waals surface area contributed by atoms with Gasteiger partial charge in [0.1, 0.15) is 0 Å². The van der Waals surface area contributed by atoms with Crippen molar-refractivity contribution in [3.05, 3.63) is 64.2 Å². The largest absolute Gasteiger partial charge is 0.503 e. The number of phenols is 1. The van der Waals surface area contributed by atoms with Crippen molar-refractivity contribution in [3.8, 4) is 5.75 Å². The van der Waals surface area contributed by atoms with Crippen LogP contribution in [0.4, 0.5) is 8.78 Å². The number of nitrogens with zero attached hydrogens (tertiary/aromatic N) is 1. The summed E-state index contributed by atoms with van der Waals surface area (Å²) in [5.74, 6) is -2.56. The zero-order valence-corrected chi connectivity index (χ0v) is 12.8. The molecule has 0 saturated carbocycles. The number of aromatic hydroxyl groups is 1. The van der Waals surface area contributed by atoms with E-state index in [9.17, 15) is 8.78 Å². The van der Waals surface area contributed by atoms with E-state index in [0.717, 1.165) is 28.3 Å². The predicted octanol–water partition coefficient (Wildman–Crippen LogP) is 4.97. The molecule has 0 atom stereocenters. The third kappa shape index (κ3) is 4.56. The maximum absolute atomic E-state index is 13.3. The number of benzene rings is 1. The standard InChI is InChI=1S/C16H17F2NOS/c1-5-6-14(15(19-4)10(2)3)21-9-11-7-12(17)16(20)13(18)8-11/h5-8,20H,1,4,9H2,2-3H3/b14-6+. The van der Waals surface area contributed by atoms with Crippen LogP contribution in [0, 0.1) is 11.6 Å². The lowest BCUT2D eigenvalue weighted by atomic mass is 10.2. The van der Waals surface area contributed by atoms with Gasteiger partial charge in [-0.25, -0.2) is 8.78 Å². The first kappa shape index (κ1) is 17.2. The second kappa shape index (κ2) is 7.78. The lowest BCUT2D eigenvalue weighted by molar-refractivity contribution is 0.395. The molecule has 1 rings (SSSR count). The summed E-state index contributed by atoms with van der Waals surface area (Å²) in [4.78, 5) is 4.79.